The van der Waals surface area contributed by atoms with Gasteiger partial charge in [0, 0.05) is 19.3 Å². The smallest absolute Gasteiger partial charge is 0.252 e. The van der Waals surface area contributed by atoms with Gasteiger partial charge in [-0.05, 0) is 25.6 Å². The maximum atomic E-state index is 12.3. The lowest BCUT2D eigenvalue weighted by Crippen LogP contribution is -2.40. The average Bonchev–Trinajstić information content (AvgIpc) is 2.97. The second-order valence-corrected chi connectivity index (χ2v) is 6.89. The van der Waals surface area contributed by atoms with Gasteiger partial charge < -0.3 is 10.2 Å². The summed E-state index contributed by atoms with van der Waals surface area (Å²) >= 11 is 6.20. The summed E-state index contributed by atoms with van der Waals surface area (Å²) in [5.74, 6) is 0.294. The number of pyridine rings is 1. The quantitative estimate of drug-likeness (QED) is 0.867. The Labute approximate surface area is 140 Å². The van der Waals surface area contributed by atoms with Crippen molar-refractivity contribution < 1.29 is 4.79 Å². The molecular weight excluding hydrogens is 316 g/mol. The first-order valence-electron chi connectivity index (χ1n) is 7.22. The molecule has 0 bridgehead atoms. The van der Waals surface area contributed by atoms with Crippen LogP contribution < -0.4 is 5.32 Å². The minimum absolute atomic E-state index is 0.0290. The lowest BCUT2D eigenvalue weighted by Gasteiger charge is -2.28. The van der Waals surface area contributed by atoms with E-state index in [2.05, 4.69) is 39.2 Å². The van der Waals surface area contributed by atoms with Crippen molar-refractivity contribution in [2.75, 3.05) is 27.2 Å². The van der Waals surface area contributed by atoms with Crippen molar-refractivity contribution in [3.63, 3.8) is 0 Å². The van der Waals surface area contributed by atoms with Crippen LogP contribution in [0.1, 0.15) is 24.2 Å². The number of hydrogen-bond acceptors (Lipinski definition) is 5. The summed E-state index contributed by atoms with van der Waals surface area (Å²) in [6.07, 6.45) is 4.49. The van der Waals surface area contributed by atoms with E-state index in [4.69, 9.17) is 11.6 Å². The van der Waals surface area contributed by atoms with Gasteiger partial charge in [-0.3, -0.25) is 9.36 Å². The van der Waals surface area contributed by atoms with Gasteiger partial charge in [-0.1, -0.05) is 25.4 Å². The zero-order chi connectivity index (χ0) is 17.0. The first kappa shape index (κ1) is 17.4. The standard InChI is InChI=1S/C15H21ClN6O/c1-15(2,8-21(3)4)7-18-14(23)11-5-12(16)13(17-6-11)22-9-19-20-10-22/h5-6,9-10H,7-8H2,1-4H3,(H,18,23). The van der Waals surface area contributed by atoms with Crippen LogP contribution in [0.4, 0.5) is 0 Å². The molecule has 0 spiro atoms. The summed E-state index contributed by atoms with van der Waals surface area (Å²) in [4.78, 5) is 18.6. The van der Waals surface area contributed by atoms with E-state index >= 15 is 0 Å². The molecule has 0 saturated carbocycles. The summed E-state index contributed by atoms with van der Waals surface area (Å²) < 4.78 is 1.59. The Morgan fingerprint density at radius 1 is 1.35 bits per heavy atom. The number of carbonyl (C=O) groups excluding carboxylic acids is 1. The largest absolute Gasteiger partial charge is 0.351 e. The van der Waals surface area contributed by atoms with E-state index in [-0.39, 0.29) is 11.3 Å². The molecule has 7 nitrogen and oxygen atoms in total. The minimum Gasteiger partial charge on any atom is -0.351 e. The van der Waals surface area contributed by atoms with Gasteiger partial charge in [0.1, 0.15) is 12.7 Å². The molecule has 0 atom stereocenters. The van der Waals surface area contributed by atoms with Crippen LogP contribution >= 0.6 is 11.6 Å². The van der Waals surface area contributed by atoms with E-state index < -0.39 is 0 Å². The van der Waals surface area contributed by atoms with Crippen molar-refractivity contribution >= 4 is 17.5 Å². The fraction of sp³-hybridized carbons (Fsp3) is 0.467. The minimum atomic E-state index is -0.193. The number of hydrogen-bond donors (Lipinski definition) is 1. The predicted octanol–water partition coefficient (Wildman–Crippen LogP) is 1.63. The van der Waals surface area contributed by atoms with E-state index in [1.807, 2.05) is 14.1 Å². The zero-order valence-electron chi connectivity index (χ0n) is 13.7. The van der Waals surface area contributed by atoms with Crippen molar-refractivity contribution in [3.05, 3.63) is 35.5 Å². The topological polar surface area (TPSA) is 75.9 Å². The van der Waals surface area contributed by atoms with Gasteiger partial charge in [-0.25, -0.2) is 4.98 Å². The van der Waals surface area contributed by atoms with E-state index in [0.717, 1.165) is 6.54 Å². The van der Waals surface area contributed by atoms with Gasteiger partial charge in [0.2, 0.25) is 0 Å². The van der Waals surface area contributed by atoms with Gasteiger partial charge >= 0.3 is 0 Å². The molecule has 0 unspecified atom stereocenters. The first-order valence-corrected chi connectivity index (χ1v) is 7.60. The Hall–Kier alpha value is -1.99. The lowest BCUT2D eigenvalue weighted by atomic mass is 9.93. The Morgan fingerprint density at radius 2 is 2.00 bits per heavy atom. The van der Waals surface area contributed by atoms with Crippen LogP contribution in [-0.2, 0) is 0 Å². The van der Waals surface area contributed by atoms with Crippen LogP contribution in [0.5, 0.6) is 0 Å². The van der Waals surface area contributed by atoms with Crippen molar-refractivity contribution in [2.24, 2.45) is 5.41 Å². The van der Waals surface area contributed by atoms with Crippen LogP contribution in [0.3, 0.4) is 0 Å². The van der Waals surface area contributed by atoms with E-state index in [1.165, 1.54) is 18.9 Å². The van der Waals surface area contributed by atoms with Gasteiger partial charge in [0.25, 0.3) is 5.91 Å². The van der Waals surface area contributed by atoms with Gasteiger partial charge in [-0.15, -0.1) is 10.2 Å². The average molecular weight is 337 g/mol. The maximum Gasteiger partial charge on any atom is 0.252 e. The van der Waals surface area contributed by atoms with Crippen molar-refractivity contribution in [3.8, 4) is 5.82 Å². The highest BCUT2D eigenvalue weighted by Gasteiger charge is 2.20. The number of nitrogens with zero attached hydrogens (tertiary/aromatic N) is 5. The van der Waals surface area contributed by atoms with Crippen molar-refractivity contribution in [1.82, 2.24) is 30.0 Å². The number of aromatic nitrogens is 4. The van der Waals surface area contributed by atoms with E-state index in [1.54, 1.807) is 10.6 Å². The second-order valence-electron chi connectivity index (χ2n) is 6.48. The molecule has 0 radical (unpaired) electrons. The third-order valence-electron chi connectivity index (χ3n) is 3.22. The normalized spacial score (nSPS) is 11.7. The Morgan fingerprint density at radius 3 is 2.57 bits per heavy atom. The molecule has 8 heteroatoms. The molecule has 0 aliphatic carbocycles. The SMILES string of the molecule is CN(C)CC(C)(C)CNC(=O)c1cnc(-n2cnnc2)c(Cl)c1. The molecule has 124 valence electrons. The van der Waals surface area contributed by atoms with Crippen LogP contribution in [0, 0.1) is 5.41 Å². The molecule has 0 aliphatic rings. The summed E-state index contributed by atoms with van der Waals surface area (Å²) in [5, 5.41) is 10.7. The highest BCUT2D eigenvalue weighted by Crippen LogP contribution is 2.19. The summed E-state index contributed by atoms with van der Waals surface area (Å²) in [5.41, 5.74) is 0.395. The highest BCUT2D eigenvalue weighted by atomic mass is 35.5. The molecule has 2 aromatic heterocycles. The number of halogens is 1. The van der Waals surface area contributed by atoms with Crippen LogP contribution in [-0.4, -0.2) is 57.7 Å². The van der Waals surface area contributed by atoms with Crippen molar-refractivity contribution in [2.45, 2.75) is 13.8 Å². The number of rotatable bonds is 6. The molecular formula is C15H21ClN6O. The molecule has 0 aliphatic heterocycles. The van der Waals surface area contributed by atoms with Gasteiger partial charge in [0.05, 0.1) is 10.6 Å². The fourth-order valence-electron chi connectivity index (χ4n) is 2.39. The third kappa shape index (κ3) is 4.74. The summed E-state index contributed by atoms with van der Waals surface area (Å²) in [7, 11) is 4.02. The molecule has 0 saturated heterocycles. The number of carbonyl (C=O) groups is 1. The molecule has 1 N–H and O–H groups in total. The van der Waals surface area contributed by atoms with Gasteiger partial charge in [0.15, 0.2) is 5.82 Å². The Balaban J connectivity index is 2.05. The Bertz CT molecular complexity index is 669. The van der Waals surface area contributed by atoms with E-state index in [0.29, 0.717) is 22.9 Å². The van der Waals surface area contributed by atoms with Crippen LogP contribution in [0.15, 0.2) is 24.9 Å². The number of nitrogens with one attached hydrogen (secondary N) is 1. The van der Waals surface area contributed by atoms with E-state index in [9.17, 15) is 4.79 Å². The molecule has 2 aromatic rings. The predicted molar refractivity (Wildman–Crippen MR) is 88.8 cm³/mol. The molecule has 0 aromatic carbocycles. The first-order chi connectivity index (χ1) is 10.8. The highest BCUT2D eigenvalue weighted by molar-refractivity contribution is 6.32. The lowest BCUT2D eigenvalue weighted by molar-refractivity contribution is 0.0929. The summed E-state index contributed by atoms with van der Waals surface area (Å²) in [6, 6.07) is 1.60. The van der Waals surface area contributed by atoms with Crippen molar-refractivity contribution in [1.29, 1.82) is 0 Å². The van der Waals surface area contributed by atoms with Crippen LogP contribution in [0.2, 0.25) is 5.02 Å². The molecule has 0 fully saturated rings. The third-order valence-corrected chi connectivity index (χ3v) is 3.50. The molecule has 1 amide bonds. The fourth-order valence-corrected chi connectivity index (χ4v) is 2.65. The number of amides is 1. The zero-order valence-corrected chi connectivity index (χ0v) is 14.5. The second kappa shape index (κ2) is 7.06. The molecule has 2 heterocycles. The molecule has 2 rings (SSSR count). The maximum absolute atomic E-state index is 12.3. The summed E-state index contributed by atoms with van der Waals surface area (Å²) in [6.45, 7) is 5.65. The van der Waals surface area contributed by atoms with Crippen LogP contribution in [0.25, 0.3) is 5.82 Å². The monoisotopic (exact) mass is 336 g/mol. The Kier molecular flexibility index (Phi) is 5.33. The van der Waals surface area contributed by atoms with Gasteiger partial charge in [-0.2, -0.15) is 0 Å². The molecule has 23 heavy (non-hydrogen) atoms.